The number of hydrogen-bond acceptors (Lipinski definition) is 4. The van der Waals surface area contributed by atoms with Gasteiger partial charge >= 0.3 is 0 Å². The van der Waals surface area contributed by atoms with E-state index in [0.29, 0.717) is 0 Å². The molecule has 1 aliphatic heterocycles. The van der Waals surface area contributed by atoms with Gasteiger partial charge in [-0.25, -0.2) is 0 Å². The summed E-state index contributed by atoms with van der Waals surface area (Å²) in [4.78, 5) is 17.4. The fraction of sp³-hybridized carbons (Fsp3) is 0.538. The minimum atomic E-state index is -0.432. The van der Waals surface area contributed by atoms with Crippen molar-refractivity contribution in [2.75, 3.05) is 0 Å². The smallest absolute Gasteiger partial charge is 0.264 e. The molecule has 0 bridgehead atoms. The molecule has 1 aromatic rings. The topological polar surface area (TPSA) is 41.5 Å². The van der Waals surface area contributed by atoms with Gasteiger partial charge in [0.25, 0.3) is 5.91 Å². The number of rotatable bonds is 3. The van der Waals surface area contributed by atoms with Crippen LogP contribution in [0.4, 0.5) is 0 Å². The molecule has 0 aliphatic carbocycles. The summed E-state index contributed by atoms with van der Waals surface area (Å²) in [6.07, 6.45) is 0. The fourth-order valence-corrected chi connectivity index (χ4v) is 4.27. The number of thioether (sulfide) groups is 1. The Balaban J connectivity index is 2.06. The molecule has 2 atom stereocenters. The van der Waals surface area contributed by atoms with Gasteiger partial charge in [0.1, 0.15) is 4.75 Å². The lowest BCUT2D eigenvalue weighted by atomic mass is 9.96. The highest BCUT2D eigenvalue weighted by atomic mass is 79.9. The number of carbonyl (C=O) groups excluding carboxylic acids is 1. The molecule has 19 heavy (non-hydrogen) atoms. The van der Waals surface area contributed by atoms with E-state index in [2.05, 4.69) is 53.1 Å². The SMILES string of the molecule is CC(C)[C@@]1(C)SC(N[C@@H](C)c2ccc(Br)s2)=NC1=O. The number of amidine groups is 1. The van der Waals surface area contributed by atoms with Gasteiger partial charge in [0.05, 0.1) is 9.83 Å². The largest absolute Gasteiger partial charge is 0.357 e. The summed E-state index contributed by atoms with van der Waals surface area (Å²) >= 11 is 6.69. The van der Waals surface area contributed by atoms with Crippen LogP contribution < -0.4 is 5.32 Å². The summed E-state index contributed by atoms with van der Waals surface area (Å²) in [6.45, 7) is 8.17. The third-order valence-corrected chi connectivity index (χ3v) is 6.68. The Bertz CT molecular complexity index is 526. The van der Waals surface area contributed by atoms with Crippen LogP contribution in [0.15, 0.2) is 20.9 Å². The second kappa shape index (κ2) is 5.58. The highest BCUT2D eigenvalue weighted by molar-refractivity contribution is 9.11. The van der Waals surface area contributed by atoms with Crippen LogP contribution in [0.2, 0.25) is 0 Å². The highest BCUT2D eigenvalue weighted by Gasteiger charge is 2.43. The molecule has 0 aromatic carbocycles. The normalized spacial score (nSPS) is 24.7. The number of carbonyl (C=O) groups is 1. The Morgan fingerprint density at radius 3 is 2.53 bits per heavy atom. The van der Waals surface area contributed by atoms with E-state index >= 15 is 0 Å². The average molecular weight is 361 g/mol. The third-order valence-electron chi connectivity index (χ3n) is 3.40. The summed E-state index contributed by atoms with van der Waals surface area (Å²) in [5, 5.41) is 4.07. The summed E-state index contributed by atoms with van der Waals surface area (Å²) in [5.41, 5.74) is 0. The number of nitrogens with zero attached hydrogens (tertiary/aromatic N) is 1. The van der Waals surface area contributed by atoms with Crippen LogP contribution in [0.3, 0.4) is 0 Å². The second-order valence-electron chi connectivity index (χ2n) is 5.09. The van der Waals surface area contributed by atoms with E-state index in [4.69, 9.17) is 0 Å². The van der Waals surface area contributed by atoms with E-state index in [1.165, 1.54) is 4.88 Å². The van der Waals surface area contributed by atoms with Crippen LogP contribution in [0, 0.1) is 5.92 Å². The van der Waals surface area contributed by atoms with Gasteiger partial charge in [0.2, 0.25) is 0 Å². The molecule has 0 spiro atoms. The van der Waals surface area contributed by atoms with Crippen LogP contribution in [0.5, 0.6) is 0 Å². The van der Waals surface area contributed by atoms with E-state index in [0.717, 1.165) is 8.95 Å². The number of aliphatic imine (C=N–C) groups is 1. The number of halogens is 1. The number of hydrogen-bond donors (Lipinski definition) is 1. The van der Waals surface area contributed by atoms with Crippen molar-refractivity contribution in [3.63, 3.8) is 0 Å². The van der Waals surface area contributed by atoms with Crippen LogP contribution >= 0.6 is 39.0 Å². The molecular weight excluding hydrogens is 344 g/mol. The Kier molecular flexibility index (Phi) is 4.42. The van der Waals surface area contributed by atoms with Gasteiger partial charge in [-0.1, -0.05) is 25.6 Å². The lowest BCUT2D eigenvalue weighted by molar-refractivity contribution is -0.120. The zero-order chi connectivity index (χ0) is 14.2. The molecule has 1 aromatic heterocycles. The van der Waals surface area contributed by atoms with E-state index in [-0.39, 0.29) is 17.9 Å². The molecule has 0 radical (unpaired) electrons. The molecule has 1 aliphatic rings. The molecule has 6 heteroatoms. The van der Waals surface area contributed by atoms with E-state index in [9.17, 15) is 4.79 Å². The van der Waals surface area contributed by atoms with Gasteiger partial charge in [0, 0.05) is 4.88 Å². The Labute approximate surface area is 130 Å². The van der Waals surface area contributed by atoms with Crippen molar-refractivity contribution >= 4 is 50.1 Å². The maximum absolute atomic E-state index is 12.0. The summed E-state index contributed by atoms with van der Waals surface area (Å²) in [6, 6.07) is 4.27. The predicted octanol–water partition coefficient (Wildman–Crippen LogP) is 4.21. The van der Waals surface area contributed by atoms with Crippen LogP contribution in [-0.2, 0) is 4.79 Å². The average Bonchev–Trinajstić information content (AvgIpc) is 2.85. The van der Waals surface area contributed by atoms with Crippen molar-refractivity contribution in [1.82, 2.24) is 5.32 Å². The predicted molar refractivity (Wildman–Crippen MR) is 86.8 cm³/mol. The first-order valence-electron chi connectivity index (χ1n) is 6.17. The Hall–Kier alpha value is -0.330. The van der Waals surface area contributed by atoms with Crippen molar-refractivity contribution in [2.24, 2.45) is 10.9 Å². The lowest BCUT2D eigenvalue weighted by Gasteiger charge is -2.24. The number of amides is 1. The van der Waals surface area contributed by atoms with Gasteiger partial charge in [-0.3, -0.25) is 4.79 Å². The summed E-state index contributed by atoms with van der Waals surface area (Å²) in [5.74, 6) is 0.230. The molecule has 0 saturated carbocycles. The first kappa shape index (κ1) is 15.1. The maximum Gasteiger partial charge on any atom is 0.264 e. The molecule has 0 saturated heterocycles. The van der Waals surface area contributed by atoms with Crippen LogP contribution in [0.1, 0.15) is 38.6 Å². The van der Waals surface area contributed by atoms with Gasteiger partial charge in [-0.05, 0) is 47.8 Å². The molecule has 1 N–H and O–H groups in total. The van der Waals surface area contributed by atoms with E-state index < -0.39 is 4.75 Å². The zero-order valence-electron chi connectivity index (χ0n) is 11.4. The van der Waals surface area contributed by atoms with E-state index in [1.54, 1.807) is 23.1 Å². The van der Waals surface area contributed by atoms with Crippen molar-refractivity contribution < 1.29 is 4.79 Å². The first-order chi connectivity index (χ1) is 8.83. The molecule has 2 rings (SSSR count). The van der Waals surface area contributed by atoms with Gasteiger partial charge in [-0.2, -0.15) is 4.99 Å². The summed E-state index contributed by atoms with van der Waals surface area (Å²) in [7, 11) is 0. The fourth-order valence-electron chi connectivity index (χ4n) is 1.71. The Morgan fingerprint density at radius 2 is 2.05 bits per heavy atom. The quantitative estimate of drug-likeness (QED) is 0.877. The maximum atomic E-state index is 12.0. The molecular formula is C13H17BrN2OS2. The molecule has 3 nitrogen and oxygen atoms in total. The lowest BCUT2D eigenvalue weighted by Crippen LogP contribution is -2.34. The second-order valence-corrected chi connectivity index (χ2v) is 9.03. The molecule has 0 fully saturated rings. The van der Waals surface area contributed by atoms with Crippen molar-refractivity contribution in [3.8, 4) is 0 Å². The van der Waals surface area contributed by atoms with Crippen LogP contribution in [0.25, 0.3) is 0 Å². The number of thiophene rings is 1. The zero-order valence-corrected chi connectivity index (χ0v) is 14.6. The minimum absolute atomic E-state index is 0.0328. The molecule has 2 heterocycles. The van der Waals surface area contributed by atoms with Gasteiger partial charge in [-0.15, -0.1) is 11.3 Å². The van der Waals surface area contributed by atoms with E-state index in [1.807, 2.05) is 13.0 Å². The summed E-state index contributed by atoms with van der Waals surface area (Å²) < 4.78 is 0.679. The monoisotopic (exact) mass is 360 g/mol. The standard InChI is InChI=1S/C13H17BrN2OS2/c1-7(2)13(4)11(17)16-12(19-13)15-8(3)9-5-6-10(14)18-9/h5-8H,1-4H3,(H,15,16,17)/t8-,13+/m0/s1. The van der Waals surface area contributed by atoms with Gasteiger partial charge in [0.15, 0.2) is 5.17 Å². The Morgan fingerprint density at radius 1 is 1.37 bits per heavy atom. The van der Waals surface area contributed by atoms with Crippen molar-refractivity contribution in [2.45, 2.75) is 38.5 Å². The van der Waals surface area contributed by atoms with Crippen molar-refractivity contribution in [3.05, 3.63) is 20.8 Å². The van der Waals surface area contributed by atoms with Gasteiger partial charge < -0.3 is 5.32 Å². The molecule has 0 unspecified atom stereocenters. The minimum Gasteiger partial charge on any atom is -0.357 e. The molecule has 104 valence electrons. The highest BCUT2D eigenvalue weighted by Crippen LogP contribution is 2.40. The van der Waals surface area contributed by atoms with Crippen LogP contribution in [-0.4, -0.2) is 15.8 Å². The third kappa shape index (κ3) is 3.06. The number of nitrogens with one attached hydrogen (secondary N) is 1. The van der Waals surface area contributed by atoms with Crippen molar-refractivity contribution in [1.29, 1.82) is 0 Å². The molecule has 1 amide bonds. The first-order valence-corrected chi connectivity index (χ1v) is 8.59.